The molecule has 1 N–H and O–H groups in total. The van der Waals surface area contributed by atoms with Gasteiger partial charge in [-0.1, -0.05) is 6.07 Å². The summed E-state index contributed by atoms with van der Waals surface area (Å²) in [6.45, 7) is -0.378. The van der Waals surface area contributed by atoms with Gasteiger partial charge in [-0.05, 0) is 24.3 Å². The molecule has 1 aromatic heterocycles. The van der Waals surface area contributed by atoms with Crippen LogP contribution in [0.5, 0.6) is 0 Å². The molecule has 0 aliphatic rings. The van der Waals surface area contributed by atoms with E-state index in [4.69, 9.17) is 0 Å². The number of aliphatic hydroxyl groups is 1. The van der Waals surface area contributed by atoms with E-state index >= 15 is 0 Å². The SMILES string of the molecule is O=c1c2ccc(F)cc2ncn1CC(O)c1c(F)cccc1F. The van der Waals surface area contributed by atoms with Crippen LogP contribution in [0.3, 0.4) is 0 Å². The third-order valence-corrected chi connectivity index (χ3v) is 3.49. The average molecular weight is 320 g/mol. The molecule has 118 valence electrons. The van der Waals surface area contributed by atoms with Crippen molar-refractivity contribution in [3.8, 4) is 0 Å². The summed E-state index contributed by atoms with van der Waals surface area (Å²) in [4.78, 5) is 16.2. The quantitative estimate of drug-likeness (QED) is 0.807. The number of hydrogen-bond donors (Lipinski definition) is 1. The molecule has 1 atom stereocenters. The average Bonchev–Trinajstić information content (AvgIpc) is 2.50. The molecule has 0 amide bonds. The Kier molecular flexibility index (Phi) is 3.87. The Labute approximate surface area is 128 Å². The third kappa shape index (κ3) is 2.83. The lowest BCUT2D eigenvalue weighted by Crippen LogP contribution is -2.24. The molecule has 0 bridgehead atoms. The lowest BCUT2D eigenvalue weighted by molar-refractivity contribution is 0.145. The van der Waals surface area contributed by atoms with Crippen LogP contribution in [0, 0.1) is 17.5 Å². The van der Waals surface area contributed by atoms with E-state index in [0.29, 0.717) is 0 Å². The number of halogens is 3. The van der Waals surface area contributed by atoms with Crippen molar-refractivity contribution < 1.29 is 18.3 Å². The van der Waals surface area contributed by atoms with Crippen molar-refractivity contribution >= 4 is 10.9 Å². The molecule has 0 saturated carbocycles. The molecule has 1 heterocycles. The van der Waals surface area contributed by atoms with Crippen molar-refractivity contribution in [3.63, 3.8) is 0 Å². The van der Waals surface area contributed by atoms with Crippen LogP contribution < -0.4 is 5.56 Å². The zero-order chi connectivity index (χ0) is 16.6. The Bertz CT molecular complexity index is 920. The predicted molar refractivity (Wildman–Crippen MR) is 77.3 cm³/mol. The number of benzene rings is 2. The molecule has 3 rings (SSSR count). The zero-order valence-corrected chi connectivity index (χ0v) is 11.7. The summed E-state index contributed by atoms with van der Waals surface area (Å²) in [5, 5.41) is 10.2. The number of nitrogens with zero attached hydrogens (tertiary/aromatic N) is 2. The van der Waals surface area contributed by atoms with E-state index in [2.05, 4.69) is 4.98 Å². The molecule has 7 heteroatoms. The molecule has 0 radical (unpaired) electrons. The minimum atomic E-state index is -1.56. The lowest BCUT2D eigenvalue weighted by atomic mass is 10.1. The van der Waals surface area contributed by atoms with Crippen LogP contribution in [0.4, 0.5) is 13.2 Å². The molecule has 0 fully saturated rings. The Balaban J connectivity index is 2.00. The van der Waals surface area contributed by atoms with Crippen molar-refractivity contribution in [2.24, 2.45) is 0 Å². The van der Waals surface area contributed by atoms with E-state index in [9.17, 15) is 23.1 Å². The van der Waals surface area contributed by atoms with E-state index in [-0.39, 0.29) is 17.4 Å². The van der Waals surface area contributed by atoms with Crippen LogP contribution in [0.15, 0.2) is 47.5 Å². The Morgan fingerprint density at radius 1 is 1.13 bits per heavy atom. The highest BCUT2D eigenvalue weighted by molar-refractivity contribution is 5.77. The lowest BCUT2D eigenvalue weighted by Gasteiger charge is -2.14. The maximum absolute atomic E-state index is 13.7. The number of hydrogen-bond acceptors (Lipinski definition) is 3. The van der Waals surface area contributed by atoms with Crippen LogP contribution in [-0.2, 0) is 6.54 Å². The summed E-state index contributed by atoms with van der Waals surface area (Å²) in [6.07, 6.45) is -0.458. The number of rotatable bonds is 3. The second kappa shape index (κ2) is 5.85. The predicted octanol–water partition coefficient (Wildman–Crippen LogP) is 2.55. The van der Waals surface area contributed by atoms with Crippen molar-refractivity contribution in [1.29, 1.82) is 0 Å². The molecule has 0 spiro atoms. The molecule has 3 aromatic rings. The van der Waals surface area contributed by atoms with Gasteiger partial charge >= 0.3 is 0 Å². The smallest absolute Gasteiger partial charge is 0.261 e. The Hall–Kier alpha value is -2.67. The van der Waals surface area contributed by atoms with Gasteiger partial charge < -0.3 is 5.11 Å². The number of fused-ring (bicyclic) bond motifs is 1. The largest absolute Gasteiger partial charge is 0.386 e. The van der Waals surface area contributed by atoms with Gasteiger partial charge in [0.15, 0.2) is 0 Å². The van der Waals surface area contributed by atoms with E-state index in [1.165, 1.54) is 12.1 Å². The first-order chi connectivity index (χ1) is 11.0. The number of aromatic nitrogens is 2. The minimum absolute atomic E-state index is 0.148. The summed E-state index contributed by atoms with van der Waals surface area (Å²) in [6, 6.07) is 6.71. The number of aliphatic hydroxyl groups excluding tert-OH is 1. The highest BCUT2D eigenvalue weighted by atomic mass is 19.1. The van der Waals surface area contributed by atoms with Gasteiger partial charge in [0.2, 0.25) is 0 Å². The van der Waals surface area contributed by atoms with Gasteiger partial charge in [-0.2, -0.15) is 0 Å². The monoisotopic (exact) mass is 320 g/mol. The molecule has 0 saturated heterocycles. The summed E-state index contributed by atoms with van der Waals surface area (Å²) in [5.41, 5.74) is -0.887. The van der Waals surface area contributed by atoms with Crippen LogP contribution >= 0.6 is 0 Å². The standard InChI is InChI=1S/C16H11F3N2O2/c17-9-4-5-10-13(6-9)20-8-21(16(10)23)7-14(22)15-11(18)2-1-3-12(15)19/h1-6,8,14,22H,7H2. The van der Waals surface area contributed by atoms with Gasteiger partial charge in [0, 0.05) is 6.07 Å². The first kappa shape index (κ1) is 15.2. The molecule has 23 heavy (non-hydrogen) atoms. The molecule has 0 aliphatic heterocycles. The fourth-order valence-corrected chi connectivity index (χ4v) is 2.37. The zero-order valence-electron chi connectivity index (χ0n) is 11.7. The topological polar surface area (TPSA) is 55.1 Å². The second-order valence-electron chi connectivity index (χ2n) is 5.01. The third-order valence-electron chi connectivity index (χ3n) is 3.49. The Morgan fingerprint density at radius 3 is 2.52 bits per heavy atom. The first-order valence-electron chi connectivity index (χ1n) is 6.74. The highest BCUT2D eigenvalue weighted by Crippen LogP contribution is 2.21. The molecule has 2 aromatic carbocycles. The van der Waals surface area contributed by atoms with Crippen LogP contribution in [0.2, 0.25) is 0 Å². The van der Waals surface area contributed by atoms with Crippen molar-refractivity contribution in [2.45, 2.75) is 12.6 Å². The van der Waals surface area contributed by atoms with Gasteiger partial charge in [0.25, 0.3) is 5.56 Å². The van der Waals surface area contributed by atoms with E-state index in [1.54, 1.807) is 0 Å². The van der Waals surface area contributed by atoms with Crippen molar-refractivity contribution in [3.05, 3.63) is 76.1 Å². The first-order valence-corrected chi connectivity index (χ1v) is 6.74. The van der Waals surface area contributed by atoms with Gasteiger partial charge in [-0.25, -0.2) is 18.2 Å². The van der Waals surface area contributed by atoms with Crippen molar-refractivity contribution in [1.82, 2.24) is 9.55 Å². The highest BCUT2D eigenvalue weighted by Gasteiger charge is 2.19. The second-order valence-corrected chi connectivity index (χ2v) is 5.01. The fourth-order valence-electron chi connectivity index (χ4n) is 2.37. The minimum Gasteiger partial charge on any atom is -0.386 e. The van der Waals surface area contributed by atoms with E-state index < -0.39 is 34.7 Å². The molecular weight excluding hydrogens is 309 g/mol. The molecular formula is C16H11F3N2O2. The van der Waals surface area contributed by atoms with Gasteiger partial charge in [0.05, 0.1) is 29.3 Å². The Morgan fingerprint density at radius 2 is 1.83 bits per heavy atom. The maximum atomic E-state index is 13.7. The fraction of sp³-hybridized carbons (Fsp3) is 0.125. The van der Waals surface area contributed by atoms with Gasteiger partial charge in [-0.3, -0.25) is 9.36 Å². The van der Waals surface area contributed by atoms with E-state index in [0.717, 1.165) is 35.2 Å². The summed E-state index contributed by atoms with van der Waals surface area (Å²) < 4.78 is 41.5. The van der Waals surface area contributed by atoms with E-state index in [1.807, 2.05) is 0 Å². The summed E-state index contributed by atoms with van der Waals surface area (Å²) >= 11 is 0. The van der Waals surface area contributed by atoms with Crippen LogP contribution in [0.1, 0.15) is 11.7 Å². The van der Waals surface area contributed by atoms with Crippen LogP contribution in [-0.4, -0.2) is 14.7 Å². The van der Waals surface area contributed by atoms with Crippen LogP contribution in [0.25, 0.3) is 10.9 Å². The molecule has 4 nitrogen and oxygen atoms in total. The normalized spacial score (nSPS) is 12.5. The summed E-state index contributed by atoms with van der Waals surface area (Å²) in [5.74, 6) is -2.33. The van der Waals surface area contributed by atoms with Crippen molar-refractivity contribution in [2.75, 3.05) is 0 Å². The van der Waals surface area contributed by atoms with Gasteiger partial charge in [-0.15, -0.1) is 0 Å². The molecule has 1 unspecified atom stereocenters. The van der Waals surface area contributed by atoms with Gasteiger partial charge in [0.1, 0.15) is 23.6 Å². The molecule has 0 aliphatic carbocycles. The summed E-state index contributed by atoms with van der Waals surface area (Å²) in [7, 11) is 0. The maximum Gasteiger partial charge on any atom is 0.261 e.